The molecule has 0 fully saturated rings. The highest BCUT2D eigenvalue weighted by Crippen LogP contribution is 2.31. The number of amides is 2. The maximum Gasteiger partial charge on any atom is 0.287 e. The van der Waals surface area contributed by atoms with E-state index in [1.165, 1.54) is 6.92 Å². The molecule has 0 spiro atoms. The fourth-order valence-corrected chi connectivity index (χ4v) is 2.66. The van der Waals surface area contributed by atoms with E-state index < -0.39 is 0 Å². The van der Waals surface area contributed by atoms with Crippen molar-refractivity contribution in [2.75, 3.05) is 13.1 Å². The van der Waals surface area contributed by atoms with Crippen molar-refractivity contribution in [1.29, 1.82) is 0 Å². The Morgan fingerprint density at radius 1 is 1.00 bits per heavy atom. The summed E-state index contributed by atoms with van der Waals surface area (Å²) in [7, 11) is 0. The molecule has 5 nitrogen and oxygen atoms in total. The van der Waals surface area contributed by atoms with Gasteiger partial charge in [-0.1, -0.05) is 36.4 Å². The number of carbonyl (C=O) groups excluding carboxylic acids is 2. The van der Waals surface area contributed by atoms with E-state index in [1.807, 2.05) is 43.3 Å². The second-order valence-electron chi connectivity index (χ2n) is 5.46. The minimum absolute atomic E-state index is 0.120. The zero-order valence-corrected chi connectivity index (χ0v) is 13.1. The van der Waals surface area contributed by atoms with Gasteiger partial charge in [-0.25, -0.2) is 0 Å². The molecule has 0 aliphatic rings. The smallest absolute Gasteiger partial charge is 0.287 e. The molecule has 118 valence electrons. The number of carbonyl (C=O) groups is 2. The monoisotopic (exact) mass is 310 g/mol. The molecule has 0 bridgehead atoms. The highest BCUT2D eigenvalue weighted by Gasteiger charge is 2.18. The van der Waals surface area contributed by atoms with Crippen LogP contribution in [0.15, 0.2) is 40.8 Å². The summed E-state index contributed by atoms with van der Waals surface area (Å²) in [4.78, 5) is 23.1. The molecular formula is C18H18N2O3. The van der Waals surface area contributed by atoms with Crippen LogP contribution in [0.4, 0.5) is 0 Å². The number of furan rings is 1. The quantitative estimate of drug-likeness (QED) is 0.728. The Morgan fingerprint density at radius 3 is 2.52 bits per heavy atom. The molecule has 3 rings (SSSR count). The third kappa shape index (κ3) is 2.90. The molecule has 2 N–H and O–H groups in total. The highest BCUT2D eigenvalue weighted by molar-refractivity contribution is 6.08. The SMILES string of the molecule is CC(=O)NCCNC(=O)c1oc2c(ccc3ccccc32)c1C. The van der Waals surface area contributed by atoms with Gasteiger partial charge < -0.3 is 15.1 Å². The van der Waals surface area contributed by atoms with E-state index in [1.54, 1.807) is 0 Å². The Kier molecular flexibility index (Phi) is 4.02. The van der Waals surface area contributed by atoms with Crippen molar-refractivity contribution in [2.45, 2.75) is 13.8 Å². The summed E-state index contributed by atoms with van der Waals surface area (Å²) in [6, 6.07) is 11.9. The maximum absolute atomic E-state index is 12.3. The number of nitrogens with one attached hydrogen (secondary N) is 2. The summed E-state index contributed by atoms with van der Waals surface area (Å²) < 4.78 is 5.85. The highest BCUT2D eigenvalue weighted by atomic mass is 16.3. The Morgan fingerprint density at radius 2 is 1.74 bits per heavy atom. The lowest BCUT2D eigenvalue weighted by molar-refractivity contribution is -0.118. The van der Waals surface area contributed by atoms with Gasteiger partial charge >= 0.3 is 0 Å². The lowest BCUT2D eigenvalue weighted by atomic mass is 10.1. The van der Waals surface area contributed by atoms with Crippen LogP contribution in [0.1, 0.15) is 23.0 Å². The first-order valence-corrected chi connectivity index (χ1v) is 7.51. The zero-order chi connectivity index (χ0) is 16.4. The normalized spacial score (nSPS) is 10.9. The molecule has 1 aromatic heterocycles. The minimum atomic E-state index is -0.270. The molecule has 0 radical (unpaired) electrons. The summed E-state index contributed by atoms with van der Waals surface area (Å²) in [5.41, 5.74) is 1.55. The van der Waals surface area contributed by atoms with Crippen LogP contribution in [0, 0.1) is 6.92 Å². The van der Waals surface area contributed by atoms with Crippen molar-refractivity contribution in [1.82, 2.24) is 10.6 Å². The van der Waals surface area contributed by atoms with Gasteiger partial charge in [0.2, 0.25) is 5.91 Å². The topological polar surface area (TPSA) is 71.3 Å². The van der Waals surface area contributed by atoms with Gasteiger partial charge in [0.15, 0.2) is 5.76 Å². The second-order valence-corrected chi connectivity index (χ2v) is 5.46. The summed E-state index contributed by atoms with van der Waals surface area (Å²) in [6.45, 7) is 4.07. The van der Waals surface area contributed by atoms with Crippen LogP contribution in [0.5, 0.6) is 0 Å². The number of rotatable bonds is 4. The number of hydrogen-bond acceptors (Lipinski definition) is 3. The van der Waals surface area contributed by atoms with Crippen molar-refractivity contribution in [2.24, 2.45) is 0 Å². The first kappa shape index (κ1) is 15.1. The van der Waals surface area contributed by atoms with Gasteiger partial charge in [0, 0.05) is 36.3 Å². The van der Waals surface area contributed by atoms with Crippen molar-refractivity contribution in [3.8, 4) is 0 Å². The summed E-state index contributed by atoms with van der Waals surface area (Å²) in [5, 5.41) is 8.40. The third-order valence-electron chi connectivity index (χ3n) is 3.82. The number of benzene rings is 2. The van der Waals surface area contributed by atoms with E-state index in [0.717, 1.165) is 27.3 Å². The molecule has 0 aliphatic heterocycles. The number of aryl methyl sites for hydroxylation is 1. The van der Waals surface area contributed by atoms with Crippen LogP contribution < -0.4 is 10.6 Å². The van der Waals surface area contributed by atoms with Gasteiger partial charge in [-0.05, 0) is 12.3 Å². The molecule has 23 heavy (non-hydrogen) atoms. The van der Waals surface area contributed by atoms with Crippen molar-refractivity contribution < 1.29 is 14.0 Å². The van der Waals surface area contributed by atoms with E-state index in [-0.39, 0.29) is 11.8 Å². The molecule has 0 saturated carbocycles. The lowest BCUT2D eigenvalue weighted by Gasteiger charge is -2.04. The maximum atomic E-state index is 12.3. The minimum Gasteiger partial charge on any atom is -0.450 e. The molecule has 0 unspecified atom stereocenters. The lowest BCUT2D eigenvalue weighted by Crippen LogP contribution is -2.33. The van der Waals surface area contributed by atoms with E-state index in [0.29, 0.717) is 18.8 Å². The summed E-state index contributed by atoms with van der Waals surface area (Å²) in [6.07, 6.45) is 0. The number of fused-ring (bicyclic) bond motifs is 3. The van der Waals surface area contributed by atoms with Gasteiger partial charge in [-0.15, -0.1) is 0 Å². The molecule has 0 saturated heterocycles. The van der Waals surface area contributed by atoms with Crippen molar-refractivity contribution in [3.63, 3.8) is 0 Å². The van der Waals surface area contributed by atoms with Gasteiger partial charge in [-0.2, -0.15) is 0 Å². The van der Waals surface area contributed by atoms with E-state index in [4.69, 9.17) is 4.42 Å². The molecule has 0 atom stereocenters. The van der Waals surface area contributed by atoms with Gasteiger partial charge in [0.25, 0.3) is 5.91 Å². The molecule has 2 aromatic carbocycles. The second kappa shape index (κ2) is 6.12. The van der Waals surface area contributed by atoms with Crippen LogP contribution in [0.3, 0.4) is 0 Å². The molecule has 3 aromatic rings. The molecule has 0 aliphatic carbocycles. The molecule has 2 amide bonds. The van der Waals surface area contributed by atoms with Gasteiger partial charge in [0.05, 0.1) is 0 Å². The standard InChI is InChI=1S/C18H18N2O3/c1-11-14-8-7-13-5-3-4-6-15(13)17(14)23-16(11)18(22)20-10-9-19-12(2)21/h3-8H,9-10H2,1-2H3,(H,19,21)(H,20,22). The Hall–Kier alpha value is -2.82. The Balaban J connectivity index is 1.89. The van der Waals surface area contributed by atoms with E-state index in [9.17, 15) is 9.59 Å². The van der Waals surface area contributed by atoms with E-state index in [2.05, 4.69) is 10.6 Å². The van der Waals surface area contributed by atoms with Crippen molar-refractivity contribution >= 4 is 33.6 Å². The molecular weight excluding hydrogens is 292 g/mol. The summed E-state index contributed by atoms with van der Waals surface area (Å²) >= 11 is 0. The fraction of sp³-hybridized carbons (Fsp3) is 0.222. The van der Waals surface area contributed by atoms with Crippen LogP contribution in [0.2, 0.25) is 0 Å². The van der Waals surface area contributed by atoms with Crippen LogP contribution in [0.25, 0.3) is 21.7 Å². The third-order valence-corrected chi connectivity index (χ3v) is 3.82. The van der Waals surface area contributed by atoms with Crippen LogP contribution in [-0.2, 0) is 4.79 Å². The first-order valence-electron chi connectivity index (χ1n) is 7.51. The fourth-order valence-electron chi connectivity index (χ4n) is 2.66. The molecule has 1 heterocycles. The Bertz CT molecular complexity index is 896. The number of hydrogen-bond donors (Lipinski definition) is 2. The van der Waals surface area contributed by atoms with Gasteiger partial charge in [-0.3, -0.25) is 9.59 Å². The van der Waals surface area contributed by atoms with Crippen LogP contribution in [-0.4, -0.2) is 24.9 Å². The van der Waals surface area contributed by atoms with Gasteiger partial charge in [0.1, 0.15) is 5.58 Å². The average Bonchev–Trinajstić information content (AvgIpc) is 2.89. The summed E-state index contributed by atoms with van der Waals surface area (Å²) in [5.74, 6) is -0.0713. The average molecular weight is 310 g/mol. The predicted octanol–water partition coefficient (Wildman–Crippen LogP) is 2.76. The predicted molar refractivity (Wildman–Crippen MR) is 89.5 cm³/mol. The van der Waals surface area contributed by atoms with Crippen molar-refractivity contribution in [3.05, 3.63) is 47.7 Å². The zero-order valence-electron chi connectivity index (χ0n) is 13.1. The Labute approximate surface area is 133 Å². The van der Waals surface area contributed by atoms with Crippen LogP contribution >= 0.6 is 0 Å². The largest absolute Gasteiger partial charge is 0.450 e. The first-order chi connectivity index (χ1) is 11.1. The molecule has 5 heteroatoms. The van der Waals surface area contributed by atoms with E-state index >= 15 is 0 Å².